The van der Waals surface area contributed by atoms with Crippen LogP contribution in [0, 0.1) is 0 Å². The van der Waals surface area contributed by atoms with Crippen molar-refractivity contribution in [1.29, 1.82) is 0 Å². The molecule has 12 N–H and O–H groups in total. The smallest absolute Gasteiger partial charge is 0.227 e. The number of fused-ring (bicyclic) bond motifs is 4. The number of hydrogen-bond acceptors (Lipinski definition) is 16. The van der Waals surface area contributed by atoms with Crippen LogP contribution in [0.3, 0.4) is 0 Å². The summed E-state index contributed by atoms with van der Waals surface area (Å²) in [6.07, 6.45) is 24.5. The van der Waals surface area contributed by atoms with Crippen LogP contribution in [-0.4, -0.2) is 60.8 Å². The largest absolute Gasteiger partial charge is 0.502 e. The predicted molar refractivity (Wildman–Crippen MR) is 392 cm³/mol. The van der Waals surface area contributed by atoms with Gasteiger partial charge in [0.2, 0.25) is 44.7 Å². The molecule has 12 rings (SSSR count). The van der Waals surface area contributed by atoms with E-state index in [2.05, 4.69) is 40.7 Å². The van der Waals surface area contributed by atoms with Crippen molar-refractivity contribution in [1.82, 2.24) is 19.9 Å². The van der Waals surface area contributed by atoms with Gasteiger partial charge in [0.1, 0.15) is 49.5 Å². The van der Waals surface area contributed by atoms with Crippen LogP contribution in [0.25, 0.3) is 43.6 Å². The first kappa shape index (κ1) is 75.1. The van der Waals surface area contributed by atoms with Crippen molar-refractivity contribution in [3.63, 3.8) is 0 Å². The molecule has 4 unspecified atom stereocenters. The molecule has 0 aliphatic heterocycles. The molecule has 0 spiro atoms. The van der Waals surface area contributed by atoms with Crippen LogP contribution in [0.2, 0.25) is 0 Å². The number of aromatic amines is 4. The summed E-state index contributed by atoms with van der Waals surface area (Å²) < 4.78 is 22.8. The second-order valence-electron chi connectivity index (χ2n) is 25.5. The van der Waals surface area contributed by atoms with Crippen molar-refractivity contribution >= 4 is 43.6 Å². The third-order valence-corrected chi connectivity index (χ3v) is 18.5. The average molecular weight is 1380 g/mol. The molecule has 0 aliphatic rings. The van der Waals surface area contributed by atoms with Crippen LogP contribution in [0.5, 0.6) is 23.0 Å². The summed E-state index contributed by atoms with van der Waals surface area (Å²) in [5.41, 5.74) is 5.84. The SMILES string of the molecule is CCCC(c1oc(CO)cc(=O)c1O)c1c[nH]c2ccccc12.CCCCCC(c1oc(CO)cc(=O)c1O)c1c[nH]c2ccccc12.CCCCCCC(c1oc(CO)cc(=O)c1O)c1c[nH]c2ccccc12.CCCCCCCC(c1oc(CO)cc(=O)c1O)c1c[nH]c2ccccc12. The minimum atomic E-state index is -0.531. The van der Waals surface area contributed by atoms with E-state index in [0.29, 0.717) is 6.42 Å². The molecule has 8 aromatic heterocycles. The lowest BCUT2D eigenvalue weighted by atomic mass is 9.89. The number of unbranched alkanes of at least 4 members (excludes halogenated alkanes) is 9. The zero-order valence-electron chi connectivity index (χ0n) is 57.9. The highest BCUT2D eigenvalue weighted by atomic mass is 16.4. The topological polar surface area (TPSA) is 346 Å². The number of aliphatic hydroxyl groups is 4. The minimum absolute atomic E-state index is 0.156. The number of aromatic nitrogens is 4. The van der Waals surface area contributed by atoms with Crippen LogP contribution in [0.1, 0.15) is 229 Å². The van der Waals surface area contributed by atoms with Crippen LogP contribution >= 0.6 is 0 Å². The average Bonchev–Trinajstić information content (AvgIpc) is 1.73. The fourth-order valence-electron chi connectivity index (χ4n) is 13.3. The van der Waals surface area contributed by atoms with Gasteiger partial charge in [0.25, 0.3) is 0 Å². The third kappa shape index (κ3) is 18.3. The van der Waals surface area contributed by atoms with Crippen LogP contribution in [-0.2, 0) is 26.4 Å². The van der Waals surface area contributed by atoms with E-state index in [-0.39, 0.29) is 119 Å². The molecule has 20 heteroatoms. The Morgan fingerprint density at radius 1 is 0.307 bits per heavy atom. The van der Waals surface area contributed by atoms with Gasteiger partial charge in [0.15, 0.2) is 23.0 Å². The zero-order chi connectivity index (χ0) is 72.0. The molecule has 101 heavy (non-hydrogen) atoms. The van der Waals surface area contributed by atoms with Crippen LogP contribution in [0.4, 0.5) is 0 Å². The summed E-state index contributed by atoms with van der Waals surface area (Å²) in [6, 6.07) is 36.2. The Bertz CT molecular complexity index is 4870. The van der Waals surface area contributed by atoms with Crippen molar-refractivity contribution in [3.8, 4) is 23.0 Å². The highest BCUT2D eigenvalue weighted by Crippen LogP contribution is 2.42. The maximum atomic E-state index is 12.1. The molecule has 534 valence electrons. The molecule has 0 bridgehead atoms. The molecule has 0 saturated carbocycles. The third-order valence-electron chi connectivity index (χ3n) is 18.5. The first-order valence-corrected chi connectivity index (χ1v) is 35.2. The monoisotopic (exact) mass is 1380 g/mol. The molecule has 0 amide bonds. The number of benzene rings is 4. The molecule has 4 atom stereocenters. The van der Waals surface area contributed by atoms with Gasteiger partial charge in [-0.1, -0.05) is 184 Å². The van der Waals surface area contributed by atoms with Crippen LogP contribution < -0.4 is 21.7 Å². The number of nitrogens with one attached hydrogen (secondary N) is 4. The van der Waals surface area contributed by atoms with E-state index in [1.807, 2.05) is 129 Å². The van der Waals surface area contributed by atoms with Gasteiger partial charge in [-0.15, -0.1) is 0 Å². The molecular formula is C81H94N4O16. The Kier molecular flexibility index (Phi) is 27.4. The lowest BCUT2D eigenvalue weighted by Crippen LogP contribution is -2.10. The van der Waals surface area contributed by atoms with E-state index >= 15 is 0 Å². The van der Waals surface area contributed by atoms with Crippen molar-refractivity contribution in [3.05, 3.63) is 255 Å². The number of aromatic hydroxyl groups is 4. The van der Waals surface area contributed by atoms with Gasteiger partial charge in [-0.2, -0.15) is 0 Å². The quantitative estimate of drug-likeness (QED) is 0.0194. The lowest BCUT2D eigenvalue weighted by Gasteiger charge is -2.17. The van der Waals surface area contributed by atoms with Crippen molar-refractivity contribution in [2.24, 2.45) is 0 Å². The normalized spacial score (nSPS) is 12.6. The summed E-state index contributed by atoms with van der Waals surface area (Å²) >= 11 is 0. The highest BCUT2D eigenvalue weighted by molar-refractivity contribution is 5.86. The molecule has 12 aromatic rings. The van der Waals surface area contributed by atoms with Gasteiger partial charge >= 0.3 is 0 Å². The first-order valence-electron chi connectivity index (χ1n) is 35.2. The standard InChI is InChI=1S/C22H27NO4.C21H25NO4.C20H23NO4.C18H19NO4/c1-2-3-4-5-6-10-17(18-13-23-19-11-8-7-9-16(18)19)22-21(26)20(25)12-15(14-24)27-22;1-2-3-4-5-9-16(17-12-22-18-10-7-6-8-15(17)18)21-20(25)19(24)11-14(13-23)26-21;1-2-3-4-8-15(16-11-21-17-9-6-5-7-14(16)17)20-19(24)18(23)10-13(12-22)25-20;1-2-5-13(14-9-19-15-7-4-3-6-12(14)15)18-17(22)16(21)8-11(10-20)23-18/h7-9,11-13,17,23-24,26H,2-6,10,14H2,1H3;6-8,10-12,16,22-23,25H,2-5,9,13H2,1H3;5-7,9-11,15,21-22,24H,2-4,8,12H2,1H3;3-4,6-9,13,19-20,22H,2,5,10H2,1H3. The van der Waals surface area contributed by atoms with E-state index in [9.17, 15) is 60.0 Å². The van der Waals surface area contributed by atoms with Gasteiger partial charge in [0.05, 0.1) is 0 Å². The molecule has 4 aromatic carbocycles. The van der Waals surface area contributed by atoms with E-state index in [4.69, 9.17) is 17.7 Å². The number of para-hydroxylation sites is 4. The first-order chi connectivity index (χ1) is 49.1. The van der Waals surface area contributed by atoms with Gasteiger partial charge in [-0.3, -0.25) is 19.2 Å². The Morgan fingerprint density at radius 3 is 0.792 bits per heavy atom. The van der Waals surface area contributed by atoms with Gasteiger partial charge < -0.3 is 78.5 Å². The molecule has 8 heterocycles. The Morgan fingerprint density at radius 2 is 0.535 bits per heavy atom. The van der Waals surface area contributed by atoms with Gasteiger partial charge in [-0.05, 0) is 72.2 Å². The van der Waals surface area contributed by atoms with Crippen molar-refractivity contribution < 1.29 is 58.5 Å². The maximum absolute atomic E-state index is 12.1. The number of H-pyrrole nitrogens is 4. The predicted octanol–water partition coefficient (Wildman–Crippen LogP) is 16.5. The zero-order valence-corrected chi connectivity index (χ0v) is 57.9. The van der Waals surface area contributed by atoms with Crippen LogP contribution in [0.15, 0.2) is 183 Å². The molecule has 0 fully saturated rings. The van der Waals surface area contributed by atoms with Crippen molar-refractivity contribution in [2.45, 2.75) is 187 Å². The minimum Gasteiger partial charge on any atom is -0.502 e. The molecular weight excluding hydrogens is 1280 g/mol. The van der Waals surface area contributed by atoms with Crippen molar-refractivity contribution in [2.75, 3.05) is 0 Å². The summed E-state index contributed by atoms with van der Waals surface area (Å²) in [4.78, 5) is 61.2. The van der Waals surface area contributed by atoms with Gasteiger partial charge in [-0.25, -0.2) is 0 Å². The summed E-state index contributed by atoms with van der Waals surface area (Å²) in [5, 5.41) is 82.9. The van der Waals surface area contributed by atoms with E-state index in [1.54, 1.807) is 0 Å². The fourth-order valence-corrected chi connectivity index (χ4v) is 13.3. The summed E-state index contributed by atoms with van der Waals surface area (Å²) in [5.74, 6) is -0.896. The summed E-state index contributed by atoms with van der Waals surface area (Å²) in [7, 11) is 0. The number of hydrogen-bond donors (Lipinski definition) is 12. The second kappa shape index (κ2) is 36.8. The molecule has 0 aliphatic carbocycles. The molecule has 20 nitrogen and oxygen atoms in total. The maximum Gasteiger partial charge on any atom is 0.227 e. The number of rotatable bonds is 29. The lowest BCUT2D eigenvalue weighted by molar-refractivity contribution is 0.232. The van der Waals surface area contributed by atoms with E-state index < -0.39 is 21.7 Å². The Hall–Kier alpha value is -10.1. The second-order valence-corrected chi connectivity index (χ2v) is 25.5. The highest BCUT2D eigenvalue weighted by Gasteiger charge is 2.30. The van der Waals surface area contributed by atoms with E-state index in [1.165, 1.54) is 19.3 Å². The fraction of sp³-hybridized carbons (Fsp3) is 0.358. The number of aliphatic hydroxyl groups excluding tert-OH is 4. The van der Waals surface area contributed by atoms with E-state index in [0.717, 1.165) is 174 Å². The Labute approximate surface area is 584 Å². The molecule has 0 saturated heterocycles. The molecule has 0 radical (unpaired) electrons. The Balaban J connectivity index is 0.000000157. The van der Waals surface area contributed by atoms with Gasteiger partial charge in [0, 0.05) is 116 Å². The summed E-state index contributed by atoms with van der Waals surface area (Å²) in [6.45, 7) is 7.00.